The predicted molar refractivity (Wildman–Crippen MR) is 117 cm³/mol. The van der Waals surface area contributed by atoms with Crippen molar-refractivity contribution in [1.29, 1.82) is 0 Å². The van der Waals surface area contributed by atoms with Gasteiger partial charge in [0.05, 0.1) is 38.7 Å². The van der Waals surface area contributed by atoms with Gasteiger partial charge in [-0.3, -0.25) is 10.1 Å². The summed E-state index contributed by atoms with van der Waals surface area (Å²) < 4.78 is 5.28. The summed E-state index contributed by atoms with van der Waals surface area (Å²) in [6.07, 6.45) is 0.531. The lowest BCUT2D eigenvalue weighted by atomic mass is 10.2. The topological polar surface area (TPSA) is 97.0 Å². The molecular formula is C20H14Cl2N4O3S. The van der Waals surface area contributed by atoms with Crippen LogP contribution in [-0.4, -0.2) is 32.9 Å². The molecule has 1 atom stereocenters. The van der Waals surface area contributed by atoms with Crippen molar-refractivity contribution in [1.82, 2.24) is 15.0 Å². The van der Waals surface area contributed by atoms with Crippen molar-refractivity contribution in [3.8, 4) is 11.3 Å². The van der Waals surface area contributed by atoms with Crippen molar-refractivity contribution < 1.29 is 14.3 Å². The van der Waals surface area contributed by atoms with Crippen LogP contribution in [0.4, 0.5) is 5.13 Å². The molecule has 0 aliphatic heterocycles. The van der Waals surface area contributed by atoms with E-state index in [1.54, 1.807) is 41.8 Å². The fraction of sp³-hybridized carbons (Fsp3) is 0.100. The Kier molecular flexibility index (Phi) is 5.72. The highest BCUT2D eigenvalue weighted by Crippen LogP contribution is 2.30. The molecular weight excluding hydrogens is 447 g/mol. The number of nitrogens with one attached hydrogen (secondary N) is 2. The van der Waals surface area contributed by atoms with E-state index in [-0.39, 0.29) is 0 Å². The average Bonchev–Trinajstić information content (AvgIpc) is 3.38. The van der Waals surface area contributed by atoms with Gasteiger partial charge in [-0.2, -0.15) is 0 Å². The Balaban J connectivity index is 1.40. The average molecular weight is 461 g/mol. The third-order valence-electron chi connectivity index (χ3n) is 4.26. The zero-order valence-corrected chi connectivity index (χ0v) is 17.8. The molecule has 10 heteroatoms. The molecule has 2 aromatic carbocycles. The summed E-state index contributed by atoms with van der Waals surface area (Å²) in [5, 5.41) is 5.69. The van der Waals surface area contributed by atoms with Crippen molar-refractivity contribution in [3.05, 3.63) is 63.7 Å². The van der Waals surface area contributed by atoms with E-state index in [1.807, 2.05) is 0 Å². The molecule has 0 spiro atoms. The number of anilines is 1. The number of aromatic nitrogens is 3. The van der Waals surface area contributed by atoms with Gasteiger partial charge >= 0.3 is 5.97 Å². The van der Waals surface area contributed by atoms with Crippen LogP contribution in [0.1, 0.15) is 17.3 Å². The van der Waals surface area contributed by atoms with E-state index in [0.29, 0.717) is 32.0 Å². The van der Waals surface area contributed by atoms with Gasteiger partial charge < -0.3 is 9.72 Å². The molecule has 30 heavy (non-hydrogen) atoms. The lowest BCUT2D eigenvalue weighted by Gasteiger charge is -2.12. The first-order valence-electron chi connectivity index (χ1n) is 8.76. The van der Waals surface area contributed by atoms with E-state index >= 15 is 0 Å². The highest BCUT2D eigenvalue weighted by molar-refractivity contribution is 7.14. The van der Waals surface area contributed by atoms with Crippen LogP contribution in [0.15, 0.2) is 48.1 Å². The molecule has 2 heterocycles. The zero-order chi connectivity index (χ0) is 21.3. The number of thiazole rings is 1. The molecule has 0 fully saturated rings. The summed E-state index contributed by atoms with van der Waals surface area (Å²) in [4.78, 5) is 36.2. The summed E-state index contributed by atoms with van der Waals surface area (Å²) in [5.41, 5.74) is 3.18. The molecule has 0 radical (unpaired) electrons. The van der Waals surface area contributed by atoms with E-state index in [2.05, 4.69) is 20.3 Å². The summed E-state index contributed by atoms with van der Waals surface area (Å²) in [7, 11) is 0. The Morgan fingerprint density at radius 2 is 2.00 bits per heavy atom. The fourth-order valence-electron chi connectivity index (χ4n) is 2.67. The SMILES string of the molecule is CC(OC(=O)c1ccc2nc[nH]c2c1)C(=O)Nc1nc(-c2ccc(Cl)c(Cl)c2)cs1. The number of esters is 1. The van der Waals surface area contributed by atoms with E-state index < -0.39 is 18.0 Å². The molecule has 0 saturated heterocycles. The summed E-state index contributed by atoms with van der Waals surface area (Å²) >= 11 is 13.2. The fourth-order valence-corrected chi connectivity index (χ4v) is 3.69. The number of carbonyl (C=O) groups is 2. The monoisotopic (exact) mass is 460 g/mol. The smallest absolute Gasteiger partial charge is 0.338 e. The maximum absolute atomic E-state index is 12.4. The third-order valence-corrected chi connectivity index (χ3v) is 5.76. The van der Waals surface area contributed by atoms with Crippen LogP contribution in [0.3, 0.4) is 0 Å². The first-order chi connectivity index (χ1) is 14.4. The molecule has 2 aromatic heterocycles. The number of imidazole rings is 1. The van der Waals surface area contributed by atoms with Crippen LogP contribution in [0.25, 0.3) is 22.3 Å². The van der Waals surface area contributed by atoms with Crippen LogP contribution in [0, 0.1) is 0 Å². The standard InChI is InChI=1S/C20H14Cl2N4O3S/c1-10(29-19(28)12-3-5-15-16(7-12)24-9-23-15)18(27)26-20-25-17(8-30-20)11-2-4-13(21)14(22)6-11/h2-10H,1H3,(H,23,24)(H,25,26,27). The van der Waals surface area contributed by atoms with Gasteiger partial charge in [-0.25, -0.2) is 14.8 Å². The molecule has 0 saturated carbocycles. The summed E-state index contributed by atoms with van der Waals surface area (Å²) in [6, 6.07) is 10.1. The first kappa shape index (κ1) is 20.3. The largest absolute Gasteiger partial charge is 0.449 e. The van der Waals surface area contributed by atoms with Crippen molar-refractivity contribution in [3.63, 3.8) is 0 Å². The van der Waals surface area contributed by atoms with Gasteiger partial charge in [0.15, 0.2) is 11.2 Å². The van der Waals surface area contributed by atoms with Crippen LogP contribution in [-0.2, 0) is 9.53 Å². The molecule has 0 aliphatic carbocycles. The highest BCUT2D eigenvalue weighted by atomic mass is 35.5. The lowest BCUT2D eigenvalue weighted by molar-refractivity contribution is -0.123. The van der Waals surface area contributed by atoms with Crippen molar-refractivity contribution >= 4 is 62.6 Å². The van der Waals surface area contributed by atoms with Gasteiger partial charge in [-0.15, -0.1) is 11.3 Å². The summed E-state index contributed by atoms with van der Waals surface area (Å²) in [6.45, 7) is 1.50. The highest BCUT2D eigenvalue weighted by Gasteiger charge is 2.20. The van der Waals surface area contributed by atoms with E-state index in [0.717, 1.165) is 11.1 Å². The second-order valence-corrected chi connectivity index (χ2v) is 8.01. The Morgan fingerprint density at radius 3 is 2.80 bits per heavy atom. The minimum atomic E-state index is -1.01. The zero-order valence-electron chi connectivity index (χ0n) is 15.5. The Morgan fingerprint density at radius 1 is 1.17 bits per heavy atom. The molecule has 1 unspecified atom stereocenters. The number of amides is 1. The van der Waals surface area contributed by atoms with Gasteiger partial charge in [0.2, 0.25) is 0 Å². The molecule has 4 rings (SSSR count). The second kappa shape index (κ2) is 8.43. The number of H-pyrrole nitrogens is 1. The maximum Gasteiger partial charge on any atom is 0.338 e. The molecule has 0 aliphatic rings. The van der Waals surface area contributed by atoms with Gasteiger partial charge in [-0.1, -0.05) is 29.3 Å². The van der Waals surface area contributed by atoms with Crippen LogP contribution >= 0.6 is 34.5 Å². The maximum atomic E-state index is 12.4. The number of fused-ring (bicyclic) bond motifs is 1. The van der Waals surface area contributed by atoms with Crippen LogP contribution < -0.4 is 5.32 Å². The minimum Gasteiger partial charge on any atom is -0.449 e. The number of ether oxygens (including phenoxy) is 1. The number of halogens is 2. The van der Waals surface area contributed by atoms with Crippen molar-refractivity contribution in [2.75, 3.05) is 5.32 Å². The number of aromatic amines is 1. The Labute approximate surface area is 185 Å². The molecule has 7 nitrogen and oxygen atoms in total. The molecule has 152 valence electrons. The molecule has 2 N–H and O–H groups in total. The number of benzene rings is 2. The number of carbonyl (C=O) groups excluding carboxylic acids is 2. The second-order valence-electron chi connectivity index (χ2n) is 6.34. The molecule has 4 aromatic rings. The third kappa shape index (κ3) is 4.30. The van der Waals surface area contributed by atoms with Gasteiger partial charge in [0.25, 0.3) is 5.91 Å². The lowest BCUT2D eigenvalue weighted by Crippen LogP contribution is -2.29. The minimum absolute atomic E-state index is 0.322. The van der Waals surface area contributed by atoms with E-state index in [9.17, 15) is 9.59 Å². The van der Waals surface area contributed by atoms with Gasteiger partial charge in [0.1, 0.15) is 0 Å². The van der Waals surface area contributed by atoms with Crippen molar-refractivity contribution in [2.45, 2.75) is 13.0 Å². The van der Waals surface area contributed by atoms with Crippen LogP contribution in [0.5, 0.6) is 0 Å². The van der Waals surface area contributed by atoms with Crippen molar-refractivity contribution in [2.24, 2.45) is 0 Å². The first-order valence-corrected chi connectivity index (χ1v) is 10.4. The van der Waals surface area contributed by atoms with E-state index in [1.165, 1.54) is 24.6 Å². The molecule has 0 bridgehead atoms. The number of hydrogen-bond acceptors (Lipinski definition) is 6. The summed E-state index contributed by atoms with van der Waals surface area (Å²) in [5.74, 6) is -1.09. The number of hydrogen-bond donors (Lipinski definition) is 2. The van der Waals surface area contributed by atoms with Crippen LogP contribution in [0.2, 0.25) is 10.0 Å². The predicted octanol–water partition coefficient (Wildman–Crippen LogP) is 5.18. The van der Waals surface area contributed by atoms with E-state index in [4.69, 9.17) is 27.9 Å². The van der Waals surface area contributed by atoms with Gasteiger partial charge in [-0.05, 0) is 37.3 Å². The van der Waals surface area contributed by atoms with Gasteiger partial charge in [0, 0.05) is 10.9 Å². The normalized spacial score (nSPS) is 12.0. The number of nitrogens with zero attached hydrogens (tertiary/aromatic N) is 2. The Hall–Kier alpha value is -2.94. The number of rotatable bonds is 5. The quantitative estimate of drug-likeness (QED) is 0.400. The molecule has 1 amide bonds. The Bertz CT molecular complexity index is 1250.